The van der Waals surface area contributed by atoms with Gasteiger partial charge in [-0.25, -0.2) is 9.78 Å². The molecule has 1 saturated carbocycles. The van der Waals surface area contributed by atoms with Gasteiger partial charge in [0.05, 0.1) is 0 Å². The van der Waals surface area contributed by atoms with Crippen LogP contribution in [0.25, 0.3) is 22.0 Å². The SMILES string of the molecule is CC(C)(C)OC(=O)Nc1ccc2nc(C(=O)N3CCc4c3ccc3[nH]c(C(=O)N5CC6CC67C5=CC(=O)c5ccccc57)cc43)oc2c1. The number of ketones is 1. The second kappa shape index (κ2) is 9.66. The molecule has 2 fully saturated rings. The molecule has 5 aromatic rings. The standard InChI is InChI=1S/C37H31N5O6/c1-36(2,3)48-35(46)38-20-8-9-26-30(14-20)47-32(40-26)34(45)41-13-12-21-23-15-27(39-25(23)10-11-28(21)41)33(44)42-18-19-17-37(19)24-7-5-4-6-22(24)29(43)16-31(37)42/h4-11,14-16,19,39H,12-13,17-18H2,1-3H3,(H,38,46). The van der Waals surface area contributed by atoms with Crippen LogP contribution in [0.1, 0.15) is 69.9 Å². The highest BCUT2D eigenvalue weighted by Crippen LogP contribution is 2.66. The van der Waals surface area contributed by atoms with Gasteiger partial charge in [-0.2, -0.15) is 0 Å². The minimum absolute atomic E-state index is 0.0595. The first kappa shape index (κ1) is 28.5. The van der Waals surface area contributed by atoms with E-state index in [9.17, 15) is 19.2 Å². The topological polar surface area (TPSA) is 138 Å². The summed E-state index contributed by atoms with van der Waals surface area (Å²) in [6.07, 6.45) is 2.60. The number of nitrogens with one attached hydrogen (secondary N) is 2. The number of benzene rings is 3. The molecule has 11 nitrogen and oxygen atoms in total. The van der Waals surface area contributed by atoms with Crippen molar-refractivity contribution < 1.29 is 28.3 Å². The summed E-state index contributed by atoms with van der Waals surface area (Å²) >= 11 is 0. The van der Waals surface area contributed by atoms with E-state index in [0.717, 1.165) is 45.4 Å². The molecule has 4 aliphatic rings. The van der Waals surface area contributed by atoms with Gasteiger partial charge in [0.25, 0.3) is 11.8 Å². The fourth-order valence-electron chi connectivity index (χ4n) is 7.79. The van der Waals surface area contributed by atoms with Gasteiger partial charge in [-0.15, -0.1) is 0 Å². The fourth-order valence-corrected chi connectivity index (χ4v) is 7.79. The molecule has 1 saturated heterocycles. The van der Waals surface area contributed by atoms with Gasteiger partial charge in [0, 0.05) is 64.2 Å². The second-order valence-electron chi connectivity index (χ2n) is 14.0. The molecule has 2 N–H and O–H groups in total. The van der Waals surface area contributed by atoms with Gasteiger partial charge >= 0.3 is 12.0 Å². The molecule has 1 spiro atoms. The average Bonchev–Trinajstić information content (AvgIpc) is 3.51. The molecule has 3 aromatic carbocycles. The number of fused-ring (bicyclic) bond motifs is 5. The van der Waals surface area contributed by atoms with Crippen LogP contribution in [0.15, 0.2) is 76.9 Å². The zero-order valence-electron chi connectivity index (χ0n) is 26.5. The number of aromatic nitrogens is 2. The Bertz CT molecular complexity index is 2310. The van der Waals surface area contributed by atoms with Crippen molar-refractivity contribution >= 4 is 57.1 Å². The Balaban J connectivity index is 0.970. The van der Waals surface area contributed by atoms with Crippen LogP contribution in [0.4, 0.5) is 16.2 Å². The van der Waals surface area contributed by atoms with Crippen LogP contribution in [0, 0.1) is 5.92 Å². The lowest BCUT2D eigenvalue weighted by Gasteiger charge is -2.29. The maximum atomic E-state index is 14.0. The summed E-state index contributed by atoms with van der Waals surface area (Å²) in [5.41, 5.74) is 5.90. The molecule has 3 amide bonds. The minimum atomic E-state index is -0.644. The van der Waals surface area contributed by atoms with Gasteiger partial charge in [0.15, 0.2) is 11.4 Å². The Labute approximate surface area is 274 Å². The van der Waals surface area contributed by atoms with Gasteiger partial charge in [0.1, 0.15) is 16.8 Å². The smallest absolute Gasteiger partial charge is 0.412 e. The van der Waals surface area contributed by atoms with E-state index in [4.69, 9.17) is 9.15 Å². The number of nitrogens with zero attached hydrogens (tertiary/aromatic N) is 3. The number of hydrogen-bond donors (Lipinski definition) is 2. The quantitative estimate of drug-likeness (QED) is 0.234. The van der Waals surface area contributed by atoms with Gasteiger partial charge in [0.2, 0.25) is 0 Å². The highest BCUT2D eigenvalue weighted by Gasteiger charge is 2.67. The van der Waals surface area contributed by atoms with E-state index in [1.807, 2.05) is 42.5 Å². The van der Waals surface area contributed by atoms with Crippen LogP contribution in [0.2, 0.25) is 0 Å². The number of aromatic amines is 1. The van der Waals surface area contributed by atoms with E-state index >= 15 is 0 Å². The number of carbonyl (C=O) groups is 4. The maximum Gasteiger partial charge on any atom is 0.412 e. The molecule has 4 heterocycles. The van der Waals surface area contributed by atoms with Crippen LogP contribution in [0.3, 0.4) is 0 Å². The lowest BCUT2D eigenvalue weighted by molar-refractivity contribution is 0.0635. The number of H-pyrrole nitrogens is 1. The van der Waals surface area contributed by atoms with Crippen molar-refractivity contribution in [2.75, 3.05) is 23.3 Å². The van der Waals surface area contributed by atoms with Gasteiger partial charge in [-0.05, 0) is 81.0 Å². The highest BCUT2D eigenvalue weighted by molar-refractivity contribution is 6.11. The van der Waals surface area contributed by atoms with Crippen LogP contribution in [0.5, 0.6) is 0 Å². The maximum absolute atomic E-state index is 14.0. The molecule has 9 rings (SSSR count). The predicted molar refractivity (Wildman–Crippen MR) is 177 cm³/mol. The number of oxazole rings is 1. The number of hydrogen-bond acceptors (Lipinski definition) is 7. The van der Waals surface area contributed by atoms with E-state index in [-0.39, 0.29) is 28.9 Å². The summed E-state index contributed by atoms with van der Waals surface area (Å²) in [5, 5.41) is 3.55. The molecule has 2 aromatic heterocycles. The Hall–Kier alpha value is -5.71. The summed E-state index contributed by atoms with van der Waals surface area (Å²) in [5.74, 6) is -0.366. The Morgan fingerprint density at radius 2 is 1.88 bits per heavy atom. The molecular weight excluding hydrogens is 610 g/mol. The summed E-state index contributed by atoms with van der Waals surface area (Å²) in [4.78, 5) is 64.0. The minimum Gasteiger partial charge on any atom is -0.444 e. The number of amides is 3. The summed E-state index contributed by atoms with van der Waals surface area (Å²) in [6, 6.07) is 18.3. The largest absolute Gasteiger partial charge is 0.444 e. The zero-order chi connectivity index (χ0) is 33.1. The van der Waals surface area contributed by atoms with Crippen molar-refractivity contribution in [1.29, 1.82) is 0 Å². The van der Waals surface area contributed by atoms with Crippen LogP contribution >= 0.6 is 0 Å². The molecular formula is C37H31N5O6. The number of piperidine rings is 1. The third-order valence-electron chi connectivity index (χ3n) is 9.90. The number of rotatable bonds is 3. The Kier molecular flexibility index (Phi) is 5.74. The van der Waals surface area contributed by atoms with E-state index in [1.165, 1.54) is 0 Å². The van der Waals surface area contributed by atoms with Gasteiger partial charge in [-0.1, -0.05) is 24.3 Å². The average molecular weight is 642 g/mol. The molecule has 2 aliphatic heterocycles. The lowest BCUT2D eigenvalue weighted by atomic mass is 9.81. The van der Waals surface area contributed by atoms with Crippen molar-refractivity contribution in [2.24, 2.45) is 5.92 Å². The third-order valence-corrected chi connectivity index (χ3v) is 9.90. The molecule has 240 valence electrons. The van der Waals surface area contributed by atoms with Crippen LogP contribution in [-0.2, 0) is 16.6 Å². The van der Waals surface area contributed by atoms with Crippen molar-refractivity contribution in [3.63, 3.8) is 0 Å². The Morgan fingerprint density at radius 3 is 2.71 bits per heavy atom. The van der Waals surface area contributed by atoms with Crippen molar-refractivity contribution in [3.8, 4) is 0 Å². The van der Waals surface area contributed by atoms with Crippen molar-refractivity contribution in [2.45, 2.75) is 44.6 Å². The zero-order valence-corrected chi connectivity index (χ0v) is 26.5. The second-order valence-corrected chi connectivity index (χ2v) is 14.0. The molecule has 2 atom stereocenters. The fraction of sp³-hybridized carbons (Fsp3) is 0.270. The normalized spacial score (nSPS) is 20.7. The van der Waals surface area contributed by atoms with Crippen LogP contribution in [-0.4, -0.2) is 57.2 Å². The number of likely N-dealkylation sites (tertiary alicyclic amines) is 1. The number of anilines is 2. The molecule has 0 radical (unpaired) electrons. The highest BCUT2D eigenvalue weighted by atomic mass is 16.6. The monoisotopic (exact) mass is 641 g/mol. The summed E-state index contributed by atoms with van der Waals surface area (Å²) in [7, 11) is 0. The third kappa shape index (κ3) is 4.16. The summed E-state index contributed by atoms with van der Waals surface area (Å²) < 4.78 is 11.2. The molecule has 48 heavy (non-hydrogen) atoms. The van der Waals surface area contributed by atoms with Crippen molar-refractivity contribution in [3.05, 3.63) is 101 Å². The lowest BCUT2D eigenvalue weighted by Crippen LogP contribution is -2.33. The number of carbonyl (C=O) groups excluding carboxylic acids is 4. The first-order valence-corrected chi connectivity index (χ1v) is 16.1. The van der Waals surface area contributed by atoms with Gasteiger partial charge < -0.3 is 23.9 Å². The van der Waals surface area contributed by atoms with E-state index in [1.54, 1.807) is 54.8 Å². The summed E-state index contributed by atoms with van der Waals surface area (Å²) in [6.45, 7) is 6.34. The molecule has 11 heteroatoms. The molecule has 2 unspecified atom stereocenters. The first-order chi connectivity index (χ1) is 23.0. The first-order valence-electron chi connectivity index (χ1n) is 16.1. The van der Waals surface area contributed by atoms with Gasteiger partial charge in [-0.3, -0.25) is 19.7 Å². The number of allylic oxidation sites excluding steroid dienone is 2. The Morgan fingerprint density at radius 1 is 1.04 bits per heavy atom. The molecule has 0 bridgehead atoms. The van der Waals surface area contributed by atoms with E-state index < -0.39 is 11.7 Å². The van der Waals surface area contributed by atoms with Crippen molar-refractivity contribution in [1.82, 2.24) is 14.9 Å². The number of ether oxygens (including phenoxy) is 1. The van der Waals surface area contributed by atoms with E-state index in [0.29, 0.717) is 47.9 Å². The van der Waals surface area contributed by atoms with Crippen LogP contribution < -0.4 is 10.2 Å². The predicted octanol–water partition coefficient (Wildman–Crippen LogP) is 6.35. The van der Waals surface area contributed by atoms with E-state index in [2.05, 4.69) is 15.3 Å². The molecule has 2 aliphatic carbocycles.